The molecule has 0 aliphatic carbocycles. The van der Waals surface area contributed by atoms with Crippen LogP contribution in [-0.2, 0) is 39.3 Å². The zero-order chi connectivity index (χ0) is 103. The number of carbonyl (C=O) groups excluding carboxylic acids is 6. The zero-order valence-electron chi connectivity index (χ0n) is 71.5. The maximum atomic E-state index is 12.3. The third kappa shape index (κ3) is 32.6. The molecule has 42 heteroatoms. The number of nitrogens with one attached hydrogen (secondary N) is 6. The minimum Gasteiger partial charge on any atom is -0.497 e. The largest absolute Gasteiger partial charge is 0.497 e. The van der Waals surface area contributed by atoms with E-state index in [1.165, 1.54) is 195 Å². The Kier molecular flexibility index (Phi) is 40.6. The zero-order valence-corrected chi connectivity index (χ0v) is 75.3. The summed E-state index contributed by atoms with van der Waals surface area (Å²) in [5.41, 5.74) is 3.55. The number of hydrogen-bond donors (Lipinski definition) is 18. The Morgan fingerprint density at radius 2 is 0.489 bits per heavy atom. The first-order valence-corrected chi connectivity index (χ1v) is 41.4. The van der Waals surface area contributed by atoms with Crippen molar-refractivity contribution in [3.8, 4) is 5.75 Å². The molecular weight excluding hydrogens is 1920 g/mol. The van der Waals surface area contributed by atoms with E-state index in [0.29, 0.717) is 39.1 Å². The molecule has 12 rings (SSSR count). The first-order valence-electron chi connectivity index (χ1n) is 39.5. The van der Waals surface area contributed by atoms with Gasteiger partial charge in [-0.15, -0.1) is 0 Å². The number of carboxylic acid groups (broad SMARTS) is 12. The summed E-state index contributed by atoms with van der Waals surface area (Å²) in [4.78, 5) is 205. The fraction of sp³-hybridized carbons (Fsp3) is 0.0722. The lowest BCUT2D eigenvalue weighted by Gasteiger charge is -2.10. The number of carboxylic acids is 12. The number of carbonyl (C=O) groups is 18. The summed E-state index contributed by atoms with van der Waals surface area (Å²) >= 11 is 29.2. The molecule has 0 radical (unpaired) electrons. The van der Waals surface area contributed by atoms with Gasteiger partial charge in [0.25, 0.3) is 35.4 Å². The van der Waals surface area contributed by atoms with Crippen LogP contribution >= 0.6 is 58.0 Å². The summed E-state index contributed by atoms with van der Waals surface area (Å²) in [5.74, 6) is -16.8. The molecule has 0 bridgehead atoms. The van der Waals surface area contributed by atoms with Gasteiger partial charge in [0.15, 0.2) is 0 Å². The second-order valence-electron chi connectivity index (χ2n) is 28.2. The van der Waals surface area contributed by atoms with Gasteiger partial charge in [0, 0.05) is 54.3 Å². The molecule has 12 aromatic carbocycles. The van der Waals surface area contributed by atoms with Crippen molar-refractivity contribution in [2.45, 2.75) is 39.3 Å². The van der Waals surface area contributed by atoms with Gasteiger partial charge in [0.2, 0.25) is 0 Å². The lowest BCUT2D eigenvalue weighted by Crippen LogP contribution is -2.25. The molecule has 18 N–H and O–H groups in total. The van der Waals surface area contributed by atoms with E-state index in [4.69, 9.17) is 124 Å². The van der Waals surface area contributed by atoms with Crippen molar-refractivity contribution in [3.05, 3.63) is 413 Å². The second-order valence-corrected chi connectivity index (χ2v) is 30.3. The molecule has 0 aromatic heterocycles. The van der Waals surface area contributed by atoms with E-state index in [9.17, 15) is 86.3 Å². The number of methoxy groups -OCH3 is 1. The predicted octanol–water partition coefficient (Wildman–Crippen LogP) is 15.4. The fourth-order valence-corrected chi connectivity index (χ4v) is 12.9. The first kappa shape index (κ1) is 108. The molecule has 37 nitrogen and oxygen atoms in total. The topological polar surface area (TPSA) is 631 Å². The van der Waals surface area contributed by atoms with Crippen LogP contribution in [0.2, 0.25) is 25.1 Å². The van der Waals surface area contributed by atoms with Crippen LogP contribution in [-0.4, -0.2) is 175 Å². The highest BCUT2D eigenvalue weighted by atomic mass is 35.5. The number of hydrogen-bond acceptors (Lipinski definition) is 19. The summed E-state index contributed by atoms with van der Waals surface area (Å²) in [5, 5.41) is 124. The molecule has 0 fully saturated rings. The van der Waals surface area contributed by atoms with Crippen molar-refractivity contribution >= 4 is 165 Å². The molecule has 0 atom stereocenters. The van der Waals surface area contributed by atoms with Gasteiger partial charge in [0.05, 0.1) is 117 Å². The lowest BCUT2D eigenvalue weighted by molar-refractivity contribution is 0.0682. The molecule has 6 amide bonds. The highest BCUT2D eigenvalue weighted by molar-refractivity contribution is 6.35. The maximum absolute atomic E-state index is 12.3. The molecule has 714 valence electrons. The van der Waals surface area contributed by atoms with Gasteiger partial charge in [-0.05, 0) is 197 Å². The molecular formula is C97H75Cl5N6O31. The summed E-state index contributed by atoms with van der Waals surface area (Å²) in [6.45, 7) is 0.693. The van der Waals surface area contributed by atoms with Gasteiger partial charge in [0.1, 0.15) is 5.75 Å². The normalized spacial score (nSPS) is 10.1. The van der Waals surface area contributed by atoms with Crippen LogP contribution in [0.25, 0.3) is 0 Å². The first-order chi connectivity index (χ1) is 65.9. The van der Waals surface area contributed by atoms with Gasteiger partial charge >= 0.3 is 71.6 Å². The number of rotatable bonds is 31. The van der Waals surface area contributed by atoms with Crippen LogP contribution in [0, 0.1) is 0 Å². The van der Waals surface area contributed by atoms with Crippen molar-refractivity contribution in [1.29, 1.82) is 0 Å². The molecule has 139 heavy (non-hydrogen) atoms. The second kappa shape index (κ2) is 52.1. The molecule has 0 heterocycles. The number of amides is 6. The smallest absolute Gasteiger partial charge is 0.338 e. The van der Waals surface area contributed by atoms with Crippen molar-refractivity contribution in [2.24, 2.45) is 0 Å². The van der Waals surface area contributed by atoms with Crippen LogP contribution in [0.1, 0.15) is 220 Å². The Morgan fingerprint density at radius 1 is 0.216 bits per heavy atom. The van der Waals surface area contributed by atoms with Gasteiger partial charge in [-0.3, -0.25) is 28.8 Å². The van der Waals surface area contributed by atoms with E-state index in [1.807, 2.05) is 0 Å². The highest BCUT2D eigenvalue weighted by Gasteiger charge is 2.26. The molecule has 0 spiro atoms. The predicted molar refractivity (Wildman–Crippen MR) is 499 cm³/mol. The number of ether oxygens (including phenoxy) is 1. The van der Waals surface area contributed by atoms with E-state index in [-0.39, 0.29) is 165 Å². The molecule has 0 aliphatic heterocycles. The van der Waals surface area contributed by atoms with Gasteiger partial charge in [-0.2, -0.15) is 0 Å². The summed E-state index contributed by atoms with van der Waals surface area (Å²) in [6.07, 6.45) is 0. The Balaban J connectivity index is 0.000000227. The van der Waals surface area contributed by atoms with Gasteiger partial charge < -0.3 is 97.9 Å². The number of aromatic carboxylic acids is 12. The Labute approximate surface area is 810 Å². The van der Waals surface area contributed by atoms with E-state index in [1.54, 1.807) is 66.7 Å². The monoisotopic (exact) mass is 1990 g/mol. The minimum atomic E-state index is -1.29. The van der Waals surface area contributed by atoms with E-state index in [2.05, 4.69) is 31.9 Å². The Hall–Kier alpha value is -17.7. The highest BCUT2D eigenvalue weighted by Crippen LogP contribution is 2.26. The molecule has 0 saturated carbocycles. The number of benzene rings is 12. The van der Waals surface area contributed by atoms with Crippen LogP contribution in [0.4, 0.5) is 0 Å². The Morgan fingerprint density at radius 3 is 0.835 bits per heavy atom. The van der Waals surface area contributed by atoms with Crippen LogP contribution in [0.5, 0.6) is 5.75 Å². The van der Waals surface area contributed by atoms with Gasteiger partial charge in [-0.1, -0.05) is 149 Å². The van der Waals surface area contributed by atoms with Crippen LogP contribution in [0.15, 0.2) is 255 Å². The van der Waals surface area contributed by atoms with Crippen molar-refractivity contribution < 1.29 is 152 Å². The average molecular weight is 2000 g/mol. The lowest BCUT2D eigenvalue weighted by atomic mass is 10.1. The summed E-state index contributed by atoms with van der Waals surface area (Å²) < 4.78 is 5.01. The standard InChI is InChI=1S/C17H15NO6.5C16H12ClNO5/c1-24-12-6-7-13(17(22)23)14(8-12)15(19)18-9-10-2-4-11(5-3-10)16(20)21;17-11-5-6-12(16(22)23)13(7-11)14(19)18-8-9-1-3-10(4-2-9)15(20)21;17-11-5-6-12(13(7-11)16(22)23)14(19)18-8-9-1-3-10(4-2-9)15(20)21;17-12-3-1-2-11(16(22)23)13(12)14(19)18-8-9-4-6-10(7-5-9)15(20)21;17-12-3-1-2-11(13(12)16(22)23)14(19)18-8-9-4-6-10(7-5-9)15(20)21;17-13-7-9(15(20)21)5-6-10(13)8-18-14(19)11-3-1-2-4-12(11)16(22)23/h2-8H,9H2,1H3,(H,18,19)(H,20,21)(H,22,23);5*1-7H,8H2,(H,18,19)(H,20,21)(H,22,23). The van der Waals surface area contributed by atoms with Crippen molar-refractivity contribution in [1.82, 2.24) is 31.9 Å². The van der Waals surface area contributed by atoms with Crippen molar-refractivity contribution in [2.75, 3.05) is 7.11 Å². The molecule has 12 aromatic rings. The molecule has 0 saturated heterocycles. The average Bonchev–Trinajstić information content (AvgIpc) is 0.783. The fourth-order valence-electron chi connectivity index (χ4n) is 11.8. The summed E-state index contributed by atoms with van der Waals surface area (Å²) in [7, 11) is 1.42. The van der Waals surface area contributed by atoms with E-state index < -0.39 is 107 Å². The van der Waals surface area contributed by atoms with E-state index >= 15 is 0 Å². The maximum Gasteiger partial charge on any atom is 0.338 e. The quantitative estimate of drug-likeness (QED) is 0.0192. The van der Waals surface area contributed by atoms with Crippen LogP contribution in [0.3, 0.4) is 0 Å². The summed E-state index contributed by atoms with van der Waals surface area (Å²) in [6, 6.07) is 60.4. The number of halogens is 5. The van der Waals surface area contributed by atoms with Crippen molar-refractivity contribution in [3.63, 3.8) is 0 Å². The molecule has 0 unspecified atom stereocenters. The van der Waals surface area contributed by atoms with Gasteiger partial charge in [-0.25, -0.2) is 57.5 Å². The third-order valence-corrected chi connectivity index (χ3v) is 20.4. The van der Waals surface area contributed by atoms with Crippen LogP contribution < -0.4 is 36.6 Å². The molecule has 0 aliphatic rings. The Bertz CT molecular complexity index is 6640. The minimum absolute atomic E-state index is 0.00376. The third-order valence-electron chi connectivity index (χ3n) is 19.0. The SMILES string of the molecule is COc1ccc(C(=O)O)c(C(=O)NCc2ccc(C(=O)O)cc2)c1.O=C(O)c1ccc(CNC(=O)c2c(Cl)cccc2C(=O)O)cc1.O=C(O)c1ccc(CNC(=O)c2cc(Cl)ccc2C(=O)O)cc1.O=C(O)c1ccc(CNC(=O)c2ccc(Cl)cc2C(=O)O)cc1.O=C(O)c1ccc(CNC(=O)c2cccc(Cl)c2C(=O)O)cc1.O=C(O)c1ccc(CNC(=O)c2ccccc2C(=O)O)c(Cl)c1. The van der Waals surface area contributed by atoms with E-state index in [0.717, 1.165) is 0 Å².